The molecule has 1 atom stereocenters. The molecule has 0 amide bonds. The third kappa shape index (κ3) is 2.59. The minimum absolute atomic E-state index is 0.242. The third-order valence-corrected chi connectivity index (χ3v) is 4.98. The molecule has 0 bridgehead atoms. The van der Waals surface area contributed by atoms with Crippen molar-refractivity contribution in [2.75, 3.05) is 0 Å². The summed E-state index contributed by atoms with van der Waals surface area (Å²) in [6, 6.07) is 6.52. The van der Waals surface area contributed by atoms with Gasteiger partial charge in [-0.1, -0.05) is 6.07 Å². The van der Waals surface area contributed by atoms with Crippen LogP contribution in [0.3, 0.4) is 0 Å². The van der Waals surface area contributed by atoms with Gasteiger partial charge in [-0.2, -0.15) is 0 Å². The zero-order valence-electron chi connectivity index (χ0n) is 9.63. The van der Waals surface area contributed by atoms with E-state index in [1.165, 1.54) is 12.1 Å². The molecule has 1 heterocycles. The van der Waals surface area contributed by atoms with Gasteiger partial charge in [-0.3, -0.25) is 0 Å². The fourth-order valence-electron chi connectivity index (χ4n) is 1.74. The summed E-state index contributed by atoms with van der Waals surface area (Å²) in [5.74, 6) is -0.242. The Bertz CT molecular complexity index is 531. The van der Waals surface area contributed by atoms with Gasteiger partial charge in [-0.05, 0) is 64.7 Å². The zero-order chi connectivity index (χ0) is 12.6. The van der Waals surface area contributed by atoms with Crippen LogP contribution in [0.2, 0.25) is 0 Å². The summed E-state index contributed by atoms with van der Waals surface area (Å²) in [6.45, 7) is 3.97. The average Bonchev–Trinajstić information content (AvgIpc) is 2.62. The van der Waals surface area contributed by atoms with Gasteiger partial charge in [-0.15, -0.1) is 11.3 Å². The summed E-state index contributed by atoms with van der Waals surface area (Å²) < 4.78 is 14.3. The van der Waals surface area contributed by atoms with Gasteiger partial charge in [-0.25, -0.2) is 4.39 Å². The Morgan fingerprint density at radius 1 is 1.24 bits per heavy atom. The maximum absolute atomic E-state index is 13.2. The Kier molecular flexibility index (Phi) is 3.66. The number of rotatable bonds is 2. The van der Waals surface area contributed by atoms with Crippen molar-refractivity contribution in [3.63, 3.8) is 0 Å². The van der Waals surface area contributed by atoms with E-state index in [2.05, 4.69) is 15.9 Å². The molecular weight excluding hydrogens is 301 g/mol. The molecule has 1 aromatic carbocycles. The molecule has 90 valence electrons. The minimum Gasteiger partial charge on any atom is -0.320 e. The van der Waals surface area contributed by atoms with Gasteiger partial charge in [0, 0.05) is 4.88 Å². The molecule has 4 heteroatoms. The number of hydrogen-bond donors (Lipinski definition) is 1. The second-order valence-corrected chi connectivity index (χ2v) is 6.49. The molecule has 0 aliphatic carbocycles. The lowest BCUT2D eigenvalue weighted by Gasteiger charge is -2.13. The average molecular weight is 314 g/mol. The van der Waals surface area contributed by atoms with Gasteiger partial charge in [0.2, 0.25) is 0 Å². The van der Waals surface area contributed by atoms with Crippen molar-refractivity contribution in [3.05, 3.63) is 55.4 Å². The molecule has 17 heavy (non-hydrogen) atoms. The lowest BCUT2D eigenvalue weighted by Crippen LogP contribution is -2.12. The van der Waals surface area contributed by atoms with Gasteiger partial charge in [0.05, 0.1) is 9.83 Å². The monoisotopic (exact) mass is 313 g/mol. The Morgan fingerprint density at radius 3 is 2.53 bits per heavy atom. The van der Waals surface area contributed by atoms with Crippen molar-refractivity contribution in [3.8, 4) is 0 Å². The number of hydrogen-bond acceptors (Lipinski definition) is 2. The van der Waals surface area contributed by atoms with Crippen molar-refractivity contribution in [1.29, 1.82) is 0 Å². The normalized spacial score (nSPS) is 12.8. The highest BCUT2D eigenvalue weighted by Crippen LogP contribution is 2.34. The van der Waals surface area contributed by atoms with Gasteiger partial charge in [0.15, 0.2) is 0 Å². The Morgan fingerprint density at radius 2 is 1.94 bits per heavy atom. The minimum atomic E-state index is -0.263. The van der Waals surface area contributed by atoms with Crippen LogP contribution in [0.15, 0.2) is 28.1 Å². The summed E-state index contributed by atoms with van der Waals surface area (Å²) >= 11 is 5.08. The predicted molar refractivity (Wildman–Crippen MR) is 73.9 cm³/mol. The summed E-state index contributed by atoms with van der Waals surface area (Å²) in [5, 5.41) is 0. The van der Waals surface area contributed by atoms with Crippen LogP contribution in [-0.2, 0) is 0 Å². The first-order valence-corrected chi connectivity index (χ1v) is 6.87. The number of aryl methyl sites for hydroxylation is 2. The molecule has 0 fully saturated rings. The van der Waals surface area contributed by atoms with E-state index in [0.29, 0.717) is 0 Å². The van der Waals surface area contributed by atoms with E-state index in [4.69, 9.17) is 5.73 Å². The van der Waals surface area contributed by atoms with Gasteiger partial charge in [0.25, 0.3) is 0 Å². The van der Waals surface area contributed by atoms with Crippen LogP contribution in [-0.4, -0.2) is 0 Å². The van der Waals surface area contributed by atoms with Crippen molar-refractivity contribution in [2.45, 2.75) is 19.9 Å². The maximum atomic E-state index is 13.2. The summed E-state index contributed by atoms with van der Waals surface area (Å²) in [6.07, 6.45) is 0. The van der Waals surface area contributed by atoms with Crippen molar-refractivity contribution in [1.82, 2.24) is 0 Å². The van der Waals surface area contributed by atoms with Crippen LogP contribution in [0.4, 0.5) is 4.39 Å². The molecule has 1 aromatic heterocycles. The zero-order valence-corrected chi connectivity index (χ0v) is 12.0. The summed E-state index contributed by atoms with van der Waals surface area (Å²) in [4.78, 5) is 1.04. The molecule has 0 saturated carbocycles. The summed E-state index contributed by atoms with van der Waals surface area (Å²) in [7, 11) is 0. The van der Waals surface area contributed by atoms with E-state index < -0.39 is 0 Å². The van der Waals surface area contributed by atoms with Gasteiger partial charge in [0.1, 0.15) is 5.82 Å². The van der Waals surface area contributed by atoms with Crippen LogP contribution in [0.25, 0.3) is 0 Å². The molecule has 1 unspecified atom stereocenters. The molecule has 1 nitrogen and oxygen atoms in total. The molecule has 0 saturated heterocycles. The highest BCUT2D eigenvalue weighted by atomic mass is 79.9. The lowest BCUT2D eigenvalue weighted by atomic mass is 10.0. The molecule has 2 aromatic rings. The molecule has 0 aliphatic rings. The Labute approximate surface area is 113 Å². The fraction of sp³-hybridized carbons (Fsp3) is 0.231. The van der Waals surface area contributed by atoms with Gasteiger partial charge >= 0.3 is 0 Å². The number of nitrogens with two attached hydrogens (primary N) is 1. The largest absolute Gasteiger partial charge is 0.320 e. The molecule has 2 rings (SSSR count). The lowest BCUT2D eigenvalue weighted by molar-refractivity contribution is 0.623. The number of halogens is 2. The number of thiophene rings is 1. The maximum Gasteiger partial charge on any atom is 0.123 e. The second kappa shape index (κ2) is 4.88. The smallest absolute Gasteiger partial charge is 0.123 e. The highest BCUT2D eigenvalue weighted by molar-refractivity contribution is 9.11. The topological polar surface area (TPSA) is 26.0 Å². The molecule has 0 spiro atoms. The van der Waals surface area contributed by atoms with E-state index in [-0.39, 0.29) is 11.9 Å². The van der Waals surface area contributed by atoms with Crippen molar-refractivity contribution < 1.29 is 4.39 Å². The standard InChI is InChI=1S/C13H13BrFNS/c1-7-3-4-9(15)6-10(7)12(16)11-5-8(2)13(14)17-11/h3-6,12H,16H2,1-2H3. The van der Waals surface area contributed by atoms with Gasteiger partial charge < -0.3 is 5.73 Å². The fourth-order valence-corrected chi connectivity index (χ4v) is 3.33. The first-order chi connectivity index (χ1) is 7.99. The molecule has 2 N–H and O–H groups in total. The first kappa shape index (κ1) is 12.7. The van der Waals surface area contributed by atoms with E-state index in [1.807, 2.05) is 19.9 Å². The van der Waals surface area contributed by atoms with E-state index >= 15 is 0 Å². The van der Waals surface area contributed by atoms with Crippen LogP contribution >= 0.6 is 27.3 Å². The van der Waals surface area contributed by atoms with Crippen LogP contribution < -0.4 is 5.73 Å². The Hall–Kier alpha value is -0.710. The molecular formula is C13H13BrFNS. The van der Waals surface area contributed by atoms with E-state index in [9.17, 15) is 4.39 Å². The van der Waals surface area contributed by atoms with Crippen molar-refractivity contribution >= 4 is 27.3 Å². The quantitative estimate of drug-likeness (QED) is 0.878. The predicted octanol–water partition coefficient (Wildman–Crippen LogP) is 4.31. The Balaban J connectivity index is 2.42. The molecule has 0 radical (unpaired) electrons. The van der Waals surface area contributed by atoms with Crippen molar-refractivity contribution in [2.24, 2.45) is 5.73 Å². The summed E-state index contributed by atoms with van der Waals surface area (Å²) in [5.41, 5.74) is 9.21. The highest BCUT2D eigenvalue weighted by Gasteiger charge is 2.15. The third-order valence-electron chi connectivity index (χ3n) is 2.76. The van der Waals surface area contributed by atoms with E-state index in [1.54, 1.807) is 17.4 Å². The second-order valence-electron chi connectivity index (χ2n) is 4.08. The molecule has 0 aliphatic heterocycles. The van der Waals surface area contributed by atoms with Crippen LogP contribution in [0.1, 0.15) is 27.6 Å². The van der Waals surface area contributed by atoms with E-state index in [0.717, 1.165) is 25.4 Å². The SMILES string of the molecule is Cc1ccc(F)cc1C(N)c1cc(C)c(Br)s1. The van der Waals surface area contributed by atoms with Crippen LogP contribution in [0, 0.1) is 19.7 Å². The number of benzene rings is 1. The first-order valence-electron chi connectivity index (χ1n) is 5.26. The van der Waals surface area contributed by atoms with Crippen LogP contribution in [0.5, 0.6) is 0 Å².